The van der Waals surface area contributed by atoms with Gasteiger partial charge in [-0.3, -0.25) is 9.78 Å². The molecule has 1 saturated heterocycles. The van der Waals surface area contributed by atoms with Crippen molar-refractivity contribution in [3.05, 3.63) is 108 Å². The molecular formula is C32H34N6O3S. The highest BCUT2D eigenvalue weighted by atomic mass is 32.2. The monoisotopic (exact) mass is 582 g/mol. The number of hydrogen-bond donors (Lipinski definition) is 2. The maximum absolute atomic E-state index is 13.6. The molecule has 10 heteroatoms. The van der Waals surface area contributed by atoms with Crippen molar-refractivity contribution >= 4 is 27.6 Å². The van der Waals surface area contributed by atoms with E-state index in [1.54, 1.807) is 30.5 Å². The Balaban J connectivity index is 1.43. The van der Waals surface area contributed by atoms with Gasteiger partial charge in [0.1, 0.15) is 11.6 Å². The largest absolute Gasteiger partial charge is 0.362 e. The molecule has 2 atom stereocenters. The molecule has 4 bridgehead atoms. The SMILES string of the molecule is CC1(C)C[C@@H]2CC[C@@H](c3ccccn3)Nc3cccc(n3)S(=O)(=O)NC(=O)c3ccc(Cc4ccccc4)nc3N1C2. The van der Waals surface area contributed by atoms with E-state index in [1.165, 1.54) is 6.07 Å². The van der Waals surface area contributed by atoms with Crippen molar-refractivity contribution in [2.75, 3.05) is 16.8 Å². The third-order valence-electron chi connectivity index (χ3n) is 8.08. The van der Waals surface area contributed by atoms with Crippen LogP contribution in [-0.4, -0.2) is 41.4 Å². The van der Waals surface area contributed by atoms with E-state index in [-0.39, 0.29) is 22.2 Å². The number of aromatic nitrogens is 3. The number of carbonyl (C=O) groups excluding carboxylic acids is 1. The van der Waals surface area contributed by atoms with Gasteiger partial charge in [-0.2, -0.15) is 8.42 Å². The molecule has 1 aromatic carbocycles. The lowest BCUT2D eigenvalue weighted by Gasteiger charge is -2.34. The maximum Gasteiger partial charge on any atom is 0.281 e. The zero-order chi connectivity index (χ0) is 29.3. The fraction of sp³-hybridized carbons (Fsp3) is 0.312. The third-order valence-corrected chi connectivity index (χ3v) is 9.31. The van der Waals surface area contributed by atoms with Gasteiger partial charge in [0.25, 0.3) is 15.9 Å². The van der Waals surface area contributed by atoms with Crippen molar-refractivity contribution in [3.8, 4) is 0 Å². The Morgan fingerprint density at radius 2 is 1.74 bits per heavy atom. The minimum atomic E-state index is -4.27. The van der Waals surface area contributed by atoms with Crippen LogP contribution in [-0.2, 0) is 16.4 Å². The standard InChI is InChI=1S/C32H34N6O3S/c1-32(2)20-23-14-17-27(26-11-6-7-18-33-26)35-28-12-8-13-29(36-28)42(40,41)37-31(39)25-16-15-24(34-30(25)38(32)21-23)19-22-9-4-3-5-10-22/h3-13,15-16,18,23,27H,14,17,19-21H2,1-2H3,(H,35,36)(H,37,39)/t23-,27-/m0/s1. The minimum absolute atomic E-state index is 0.170. The first-order valence-corrected chi connectivity index (χ1v) is 15.7. The number of nitrogens with zero attached hydrogens (tertiary/aromatic N) is 4. The van der Waals surface area contributed by atoms with E-state index >= 15 is 0 Å². The molecule has 42 heavy (non-hydrogen) atoms. The highest BCUT2D eigenvalue weighted by Crippen LogP contribution is 2.40. The number of sulfonamides is 1. The zero-order valence-electron chi connectivity index (χ0n) is 23.7. The summed E-state index contributed by atoms with van der Waals surface area (Å²) in [6.45, 7) is 5.01. The summed E-state index contributed by atoms with van der Waals surface area (Å²) in [6.07, 6.45) is 4.93. The van der Waals surface area contributed by atoms with E-state index in [2.05, 4.69) is 38.8 Å². The van der Waals surface area contributed by atoms with Crippen molar-refractivity contribution in [1.29, 1.82) is 0 Å². The van der Waals surface area contributed by atoms with Crippen LogP contribution in [0.5, 0.6) is 0 Å². The summed E-state index contributed by atoms with van der Waals surface area (Å²) in [5, 5.41) is 3.16. The van der Waals surface area contributed by atoms with Crippen LogP contribution >= 0.6 is 0 Å². The van der Waals surface area contributed by atoms with Gasteiger partial charge in [-0.1, -0.05) is 42.5 Å². The first-order valence-electron chi connectivity index (χ1n) is 14.2. The maximum atomic E-state index is 13.6. The van der Waals surface area contributed by atoms with Crippen molar-refractivity contribution in [3.63, 3.8) is 0 Å². The van der Waals surface area contributed by atoms with Crippen molar-refractivity contribution in [1.82, 2.24) is 19.7 Å². The predicted molar refractivity (Wildman–Crippen MR) is 162 cm³/mol. The topological polar surface area (TPSA) is 117 Å². The molecule has 1 fully saturated rings. The zero-order valence-corrected chi connectivity index (χ0v) is 24.5. The van der Waals surface area contributed by atoms with Crippen LogP contribution in [0.4, 0.5) is 11.6 Å². The summed E-state index contributed by atoms with van der Waals surface area (Å²) >= 11 is 0. The Hall–Kier alpha value is -4.31. The van der Waals surface area contributed by atoms with Gasteiger partial charge in [0, 0.05) is 30.4 Å². The fourth-order valence-corrected chi connectivity index (χ4v) is 6.99. The summed E-state index contributed by atoms with van der Waals surface area (Å²) < 4.78 is 29.1. The molecule has 0 spiro atoms. The van der Waals surface area contributed by atoms with Gasteiger partial charge in [-0.15, -0.1) is 0 Å². The number of pyridine rings is 3. The molecule has 3 aromatic heterocycles. The van der Waals surface area contributed by atoms with Crippen LogP contribution in [0.1, 0.15) is 66.5 Å². The predicted octanol–water partition coefficient (Wildman–Crippen LogP) is 5.13. The van der Waals surface area contributed by atoms with Gasteiger partial charge in [0.2, 0.25) is 0 Å². The molecule has 2 N–H and O–H groups in total. The van der Waals surface area contributed by atoms with E-state index < -0.39 is 15.9 Å². The minimum Gasteiger partial charge on any atom is -0.362 e. The summed E-state index contributed by atoms with van der Waals surface area (Å²) in [4.78, 5) is 29.7. The Kier molecular flexibility index (Phi) is 7.40. The molecule has 5 heterocycles. The second kappa shape index (κ2) is 11.2. The van der Waals surface area contributed by atoms with Gasteiger partial charge in [0.05, 0.1) is 17.3 Å². The smallest absolute Gasteiger partial charge is 0.281 e. The number of amides is 1. The first-order chi connectivity index (χ1) is 20.2. The molecule has 2 aliphatic rings. The van der Waals surface area contributed by atoms with Crippen molar-refractivity contribution < 1.29 is 13.2 Å². The van der Waals surface area contributed by atoms with E-state index in [0.29, 0.717) is 30.5 Å². The summed E-state index contributed by atoms with van der Waals surface area (Å²) in [6, 6.07) is 23.8. The van der Waals surface area contributed by atoms with E-state index in [1.807, 2.05) is 48.5 Å². The fourth-order valence-electron chi connectivity index (χ4n) is 6.06. The number of fused-ring (bicyclic) bond motifs is 6. The van der Waals surface area contributed by atoms with E-state index in [0.717, 1.165) is 36.2 Å². The lowest BCUT2D eigenvalue weighted by molar-refractivity contribution is 0.0981. The summed E-state index contributed by atoms with van der Waals surface area (Å²) in [5.41, 5.74) is 2.69. The van der Waals surface area contributed by atoms with Crippen LogP contribution < -0.4 is 14.9 Å². The van der Waals surface area contributed by atoms with E-state index in [9.17, 15) is 13.2 Å². The number of carbonyl (C=O) groups is 1. The Bertz CT molecular complexity index is 1700. The average Bonchev–Trinajstić information content (AvgIpc) is 3.29. The third kappa shape index (κ3) is 5.85. The highest BCUT2D eigenvalue weighted by molar-refractivity contribution is 7.90. The summed E-state index contributed by atoms with van der Waals surface area (Å²) in [5.74, 6) is 0.498. The molecule has 9 nitrogen and oxygen atoms in total. The average molecular weight is 583 g/mol. The number of rotatable bonds is 3. The van der Waals surface area contributed by atoms with Crippen LogP contribution in [0.25, 0.3) is 0 Å². The van der Waals surface area contributed by atoms with Gasteiger partial charge in [-0.05, 0) is 81.0 Å². The van der Waals surface area contributed by atoms with Crippen LogP contribution in [0.3, 0.4) is 0 Å². The highest BCUT2D eigenvalue weighted by Gasteiger charge is 2.41. The van der Waals surface area contributed by atoms with Crippen molar-refractivity contribution in [2.24, 2.45) is 5.92 Å². The lowest BCUT2D eigenvalue weighted by Crippen LogP contribution is -2.41. The molecule has 0 saturated carbocycles. The Morgan fingerprint density at radius 1 is 0.929 bits per heavy atom. The van der Waals surface area contributed by atoms with Crippen LogP contribution in [0.15, 0.2) is 90.1 Å². The van der Waals surface area contributed by atoms with Gasteiger partial charge in [-0.25, -0.2) is 14.7 Å². The molecule has 4 aromatic rings. The number of benzene rings is 1. The van der Waals surface area contributed by atoms with Gasteiger partial charge >= 0.3 is 0 Å². The molecule has 216 valence electrons. The molecular weight excluding hydrogens is 548 g/mol. The lowest BCUT2D eigenvalue weighted by atomic mass is 9.91. The number of nitrogens with one attached hydrogen (secondary N) is 2. The quantitative estimate of drug-likeness (QED) is 0.341. The second-order valence-electron chi connectivity index (χ2n) is 11.7. The molecule has 0 aliphatic carbocycles. The summed E-state index contributed by atoms with van der Waals surface area (Å²) in [7, 11) is -4.27. The van der Waals surface area contributed by atoms with Gasteiger partial charge < -0.3 is 10.2 Å². The van der Waals surface area contributed by atoms with Crippen LogP contribution in [0.2, 0.25) is 0 Å². The molecule has 0 unspecified atom stereocenters. The van der Waals surface area contributed by atoms with Gasteiger partial charge in [0.15, 0.2) is 5.03 Å². The number of hydrogen-bond acceptors (Lipinski definition) is 8. The first kappa shape index (κ1) is 27.8. The number of anilines is 2. The molecule has 2 aliphatic heterocycles. The Labute approximate surface area is 246 Å². The van der Waals surface area contributed by atoms with Crippen LogP contribution in [0, 0.1) is 5.92 Å². The second-order valence-corrected chi connectivity index (χ2v) is 13.3. The molecule has 0 radical (unpaired) electrons. The Morgan fingerprint density at radius 3 is 2.52 bits per heavy atom. The normalized spacial score (nSPS) is 21.3. The molecule has 6 rings (SSSR count). The van der Waals surface area contributed by atoms with E-state index in [4.69, 9.17) is 4.98 Å². The molecule has 1 amide bonds. The van der Waals surface area contributed by atoms with Crippen molar-refractivity contribution in [2.45, 2.75) is 56.1 Å².